The fraction of sp³-hybridized carbons (Fsp3) is 0.467. The van der Waals surface area contributed by atoms with Crippen molar-refractivity contribution in [3.8, 4) is 0 Å². The van der Waals surface area contributed by atoms with Crippen LogP contribution in [0.4, 0.5) is 0 Å². The van der Waals surface area contributed by atoms with Crippen LogP contribution in [0.1, 0.15) is 36.8 Å². The number of fused-ring (bicyclic) bond motifs is 1. The number of nitrogens with zero attached hydrogens (tertiary/aromatic N) is 3. The second kappa shape index (κ2) is 4.46. The van der Waals surface area contributed by atoms with Crippen molar-refractivity contribution in [3.63, 3.8) is 0 Å². The van der Waals surface area contributed by atoms with Crippen LogP contribution in [0.3, 0.4) is 0 Å². The van der Waals surface area contributed by atoms with E-state index in [1.807, 2.05) is 16.8 Å². The van der Waals surface area contributed by atoms with Gasteiger partial charge in [0.05, 0.1) is 5.60 Å². The Morgan fingerprint density at radius 2 is 1.89 bits per heavy atom. The van der Waals surface area contributed by atoms with Crippen LogP contribution in [0.25, 0.3) is 0 Å². The quantitative estimate of drug-likeness (QED) is 0.914. The lowest BCUT2D eigenvalue weighted by Gasteiger charge is -2.22. The molecule has 4 heteroatoms. The molecule has 0 amide bonds. The minimum Gasteiger partial charge on any atom is -0.389 e. The van der Waals surface area contributed by atoms with Gasteiger partial charge < -0.3 is 5.11 Å². The number of aromatic nitrogens is 3. The molecule has 0 radical (unpaired) electrons. The maximum absolute atomic E-state index is 10.8. The Kier molecular flexibility index (Phi) is 2.90. The number of hydrogen-bond acceptors (Lipinski definition) is 3. The van der Waals surface area contributed by atoms with Crippen LogP contribution in [0, 0.1) is 0 Å². The van der Waals surface area contributed by atoms with Crippen molar-refractivity contribution in [1.82, 2.24) is 14.8 Å². The lowest BCUT2D eigenvalue weighted by atomic mass is 9.95. The highest BCUT2D eigenvalue weighted by molar-refractivity contribution is 5.35. The standard InChI is InChI=1S/C15H19N3O/c1-11(2)18-14(16-10-17-18)9-15(19)7-12-5-3-4-6-13(12)8-15/h3-6,10-11,19H,7-9H2,1-2H3. The zero-order valence-corrected chi connectivity index (χ0v) is 11.4. The third-order valence-electron chi connectivity index (χ3n) is 3.78. The number of rotatable bonds is 3. The van der Waals surface area contributed by atoms with E-state index in [1.54, 1.807) is 6.33 Å². The number of hydrogen-bond donors (Lipinski definition) is 1. The fourth-order valence-electron chi connectivity index (χ4n) is 2.93. The minimum atomic E-state index is -0.719. The van der Waals surface area contributed by atoms with Crippen LogP contribution < -0.4 is 0 Å². The van der Waals surface area contributed by atoms with Crippen LogP contribution in [0.2, 0.25) is 0 Å². The molecule has 100 valence electrons. The van der Waals surface area contributed by atoms with E-state index in [-0.39, 0.29) is 6.04 Å². The molecule has 0 spiro atoms. The first-order valence-corrected chi connectivity index (χ1v) is 6.75. The van der Waals surface area contributed by atoms with Crippen LogP contribution in [0.15, 0.2) is 30.6 Å². The van der Waals surface area contributed by atoms with Crippen molar-refractivity contribution in [1.29, 1.82) is 0 Å². The van der Waals surface area contributed by atoms with E-state index in [4.69, 9.17) is 0 Å². The molecular formula is C15H19N3O. The summed E-state index contributed by atoms with van der Waals surface area (Å²) in [5.41, 5.74) is 1.78. The fourth-order valence-corrected chi connectivity index (χ4v) is 2.93. The van der Waals surface area contributed by atoms with Gasteiger partial charge in [-0.2, -0.15) is 5.10 Å². The highest BCUT2D eigenvalue weighted by Crippen LogP contribution is 2.32. The van der Waals surface area contributed by atoms with E-state index in [0.29, 0.717) is 19.3 Å². The summed E-state index contributed by atoms with van der Waals surface area (Å²) >= 11 is 0. The van der Waals surface area contributed by atoms with E-state index in [9.17, 15) is 5.11 Å². The van der Waals surface area contributed by atoms with Crippen LogP contribution in [-0.4, -0.2) is 25.5 Å². The van der Waals surface area contributed by atoms with Gasteiger partial charge in [0.15, 0.2) is 0 Å². The van der Waals surface area contributed by atoms with Gasteiger partial charge in [-0.3, -0.25) is 0 Å². The van der Waals surface area contributed by atoms with Crippen LogP contribution >= 0.6 is 0 Å². The monoisotopic (exact) mass is 257 g/mol. The smallest absolute Gasteiger partial charge is 0.138 e. The first-order valence-electron chi connectivity index (χ1n) is 6.75. The SMILES string of the molecule is CC(C)n1ncnc1CC1(O)Cc2ccccc2C1. The van der Waals surface area contributed by atoms with Gasteiger partial charge >= 0.3 is 0 Å². The van der Waals surface area contributed by atoms with Crippen molar-refractivity contribution in [2.24, 2.45) is 0 Å². The summed E-state index contributed by atoms with van der Waals surface area (Å²) in [5, 5.41) is 15.0. The first-order chi connectivity index (χ1) is 9.07. The molecule has 0 fully saturated rings. The van der Waals surface area contributed by atoms with Crippen molar-refractivity contribution in [2.45, 2.75) is 44.8 Å². The average Bonchev–Trinajstić information content (AvgIpc) is 2.91. The van der Waals surface area contributed by atoms with Crippen molar-refractivity contribution in [3.05, 3.63) is 47.5 Å². The molecule has 2 aromatic rings. The van der Waals surface area contributed by atoms with Crippen molar-refractivity contribution in [2.75, 3.05) is 0 Å². The Labute approximate surface area is 113 Å². The maximum atomic E-state index is 10.8. The van der Waals surface area contributed by atoms with Gasteiger partial charge in [-0.1, -0.05) is 24.3 Å². The summed E-state index contributed by atoms with van der Waals surface area (Å²) < 4.78 is 1.89. The number of aliphatic hydroxyl groups is 1. The lowest BCUT2D eigenvalue weighted by Crippen LogP contribution is -2.33. The molecule has 1 aromatic heterocycles. The average molecular weight is 257 g/mol. The molecule has 1 aromatic carbocycles. The molecule has 1 aliphatic carbocycles. The summed E-state index contributed by atoms with van der Waals surface area (Å²) in [6.45, 7) is 4.15. The Balaban J connectivity index is 1.83. The molecule has 1 heterocycles. The molecule has 0 unspecified atom stereocenters. The van der Waals surface area contributed by atoms with Crippen LogP contribution in [0.5, 0.6) is 0 Å². The Morgan fingerprint density at radius 3 is 2.47 bits per heavy atom. The van der Waals surface area contributed by atoms with Gasteiger partial charge in [0.2, 0.25) is 0 Å². The largest absolute Gasteiger partial charge is 0.389 e. The van der Waals surface area contributed by atoms with Gasteiger partial charge in [0, 0.05) is 25.3 Å². The van der Waals surface area contributed by atoms with E-state index in [0.717, 1.165) is 5.82 Å². The van der Waals surface area contributed by atoms with Gasteiger partial charge in [0.1, 0.15) is 12.2 Å². The number of benzene rings is 1. The summed E-state index contributed by atoms with van der Waals surface area (Å²) in [7, 11) is 0. The minimum absolute atomic E-state index is 0.268. The van der Waals surface area contributed by atoms with Crippen molar-refractivity contribution < 1.29 is 5.11 Å². The van der Waals surface area contributed by atoms with Gasteiger partial charge in [-0.15, -0.1) is 0 Å². The molecule has 3 rings (SSSR count). The highest BCUT2D eigenvalue weighted by Gasteiger charge is 2.36. The molecule has 0 saturated carbocycles. The molecule has 0 aliphatic heterocycles. The van der Waals surface area contributed by atoms with E-state index in [1.165, 1.54) is 11.1 Å². The summed E-state index contributed by atoms with van der Waals surface area (Å²) in [6, 6.07) is 8.52. The Hall–Kier alpha value is -1.68. The third-order valence-corrected chi connectivity index (χ3v) is 3.78. The topological polar surface area (TPSA) is 50.9 Å². The zero-order chi connectivity index (χ0) is 13.5. The normalized spacial score (nSPS) is 16.8. The summed E-state index contributed by atoms with van der Waals surface area (Å²) in [6.07, 6.45) is 3.53. The second-order valence-corrected chi connectivity index (χ2v) is 5.74. The second-order valence-electron chi connectivity index (χ2n) is 5.74. The van der Waals surface area contributed by atoms with E-state index in [2.05, 4.69) is 36.1 Å². The predicted octanol–water partition coefficient (Wildman–Crippen LogP) is 1.93. The molecular weight excluding hydrogens is 238 g/mol. The lowest BCUT2D eigenvalue weighted by molar-refractivity contribution is 0.0483. The van der Waals surface area contributed by atoms with Gasteiger partial charge in [-0.05, 0) is 25.0 Å². The van der Waals surface area contributed by atoms with Crippen LogP contribution in [-0.2, 0) is 19.3 Å². The molecule has 0 saturated heterocycles. The van der Waals surface area contributed by atoms with E-state index < -0.39 is 5.60 Å². The molecule has 0 atom stereocenters. The summed E-state index contributed by atoms with van der Waals surface area (Å²) in [4.78, 5) is 4.30. The van der Waals surface area contributed by atoms with Crippen molar-refractivity contribution >= 4 is 0 Å². The Bertz CT molecular complexity index is 564. The molecule has 1 aliphatic rings. The van der Waals surface area contributed by atoms with E-state index >= 15 is 0 Å². The molecule has 19 heavy (non-hydrogen) atoms. The first kappa shape index (κ1) is 12.4. The highest BCUT2D eigenvalue weighted by atomic mass is 16.3. The molecule has 1 N–H and O–H groups in total. The zero-order valence-electron chi connectivity index (χ0n) is 11.4. The Morgan fingerprint density at radius 1 is 1.26 bits per heavy atom. The third kappa shape index (κ3) is 2.28. The predicted molar refractivity (Wildman–Crippen MR) is 72.9 cm³/mol. The van der Waals surface area contributed by atoms with Gasteiger partial charge in [0.25, 0.3) is 0 Å². The van der Waals surface area contributed by atoms with Gasteiger partial charge in [-0.25, -0.2) is 9.67 Å². The molecule has 4 nitrogen and oxygen atoms in total. The summed E-state index contributed by atoms with van der Waals surface area (Å²) in [5.74, 6) is 0.866. The maximum Gasteiger partial charge on any atom is 0.138 e. The molecule has 0 bridgehead atoms.